The molecule has 2 heterocycles. The molecular formula is C15H23NO4. The lowest BCUT2D eigenvalue weighted by molar-refractivity contribution is -0.165. The van der Waals surface area contributed by atoms with Gasteiger partial charge in [0.25, 0.3) is 0 Å². The Labute approximate surface area is 119 Å². The molecule has 3 atom stereocenters. The Balaban J connectivity index is 1.83. The van der Waals surface area contributed by atoms with Gasteiger partial charge in [0.05, 0.1) is 5.41 Å². The number of ether oxygens (including phenoxy) is 2. The zero-order valence-electron chi connectivity index (χ0n) is 12.9. The summed E-state index contributed by atoms with van der Waals surface area (Å²) in [5.74, 6) is -0.110. The van der Waals surface area contributed by atoms with Crippen LogP contribution in [0.3, 0.4) is 0 Å². The molecule has 112 valence electrons. The highest BCUT2D eigenvalue weighted by Crippen LogP contribution is 2.74. The molecule has 0 aromatic rings. The van der Waals surface area contributed by atoms with Crippen LogP contribution in [0.1, 0.15) is 41.0 Å². The summed E-state index contributed by atoms with van der Waals surface area (Å²) in [5, 5.41) is 0. The maximum absolute atomic E-state index is 12.3. The summed E-state index contributed by atoms with van der Waals surface area (Å²) in [6, 6.07) is 0. The van der Waals surface area contributed by atoms with Crippen molar-refractivity contribution in [3.63, 3.8) is 0 Å². The summed E-state index contributed by atoms with van der Waals surface area (Å²) in [6.07, 6.45) is 0.502. The minimum Gasteiger partial charge on any atom is -0.465 e. The highest BCUT2D eigenvalue weighted by molar-refractivity contribution is 5.83. The van der Waals surface area contributed by atoms with Crippen LogP contribution in [-0.2, 0) is 14.3 Å². The monoisotopic (exact) mass is 281 g/mol. The van der Waals surface area contributed by atoms with E-state index in [1.54, 1.807) is 4.90 Å². The standard InChI is InChI=1S/C15H23NO4/c1-12(2,3)20-11(18)16-7-13(4)6-14(5)10(17)19-9-15(13,14)8-16/h6-9H2,1-5H3. The summed E-state index contributed by atoms with van der Waals surface area (Å²) in [4.78, 5) is 26.0. The molecule has 0 N–H and O–H groups in total. The molecular weight excluding hydrogens is 258 g/mol. The summed E-state index contributed by atoms with van der Waals surface area (Å²) in [6.45, 7) is 11.3. The van der Waals surface area contributed by atoms with Crippen LogP contribution in [0.2, 0.25) is 0 Å². The smallest absolute Gasteiger partial charge is 0.410 e. The van der Waals surface area contributed by atoms with E-state index >= 15 is 0 Å². The van der Waals surface area contributed by atoms with Crippen LogP contribution >= 0.6 is 0 Å². The molecule has 20 heavy (non-hydrogen) atoms. The molecule has 5 heteroatoms. The number of hydrogen-bond donors (Lipinski definition) is 0. The third-order valence-corrected chi connectivity index (χ3v) is 5.51. The van der Waals surface area contributed by atoms with Crippen LogP contribution in [-0.4, -0.2) is 42.3 Å². The molecule has 0 radical (unpaired) electrons. The third-order valence-electron chi connectivity index (χ3n) is 5.51. The van der Waals surface area contributed by atoms with Crippen molar-refractivity contribution in [2.24, 2.45) is 16.2 Å². The number of amides is 1. The van der Waals surface area contributed by atoms with Crippen LogP contribution < -0.4 is 0 Å². The van der Waals surface area contributed by atoms with E-state index in [4.69, 9.17) is 9.47 Å². The zero-order valence-corrected chi connectivity index (χ0v) is 12.9. The van der Waals surface area contributed by atoms with Crippen molar-refractivity contribution in [2.75, 3.05) is 19.7 Å². The predicted molar refractivity (Wildman–Crippen MR) is 72.0 cm³/mol. The molecule has 3 fully saturated rings. The van der Waals surface area contributed by atoms with Gasteiger partial charge in [-0.05, 0) is 39.5 Å². The van der Waals surface area contributed by atoms with Gasteiger partial charge in [-0.25, -0.2) is 4.79 Å². The second-order valence-electron chi connectivity index (χ2n) is 8.06. The first kappa shape index (κ1) is 13.7. The van der Waals surface area contributed by atoms with Crippen LogP contribution in [0.25, 0.3) is 0 Å². The molecule has 5 nitrogen and oxygen atoms in total. The SMILES string of the molecule is CC(C)(C)OC(=O)N1CC2(C)CC3(C)C(=O)OCC23C1. The summed E-state index contributed by atoms with van der Waals surface area (Å²) in [5.41, 5.74) is -1.19. The number of cyclic esters (lactones) is 1. The van der Waals surface area contributed by atoms with Crippen molar-refractivity contribution < 1.29 is 19.1 Å². The molecule has 1 aliphatic carbocycles. The first-order valence-corrected chi connectivity index (χ1v) is 7.18. The Morgan fingerprint density at radius 3 is 2.50 bits per heavy atom. The lowest BCUT2D eigenvalue weighted by Crippen LogP contribution is -2.63. The second kappa shape index (κ2) is 3.49. The summed E-state index contributed by atoms with van der Waals surface area (Å²) < 4.78 is 10.8. The number of rotatable bonds is 0. The topological polar surface area (TPSA) is 55.8 Å². The number of carbonyl (C=O) groups excluding carboxylic acids is 2. The van der Waals surface area contributed by atoms with E-state index in [0.29, 0.717) is 19.7 Å². The molecule has 0 aromatic heterocycles. The lowest BCUT2D eigenvalue weighted by Gasteiger charge is -2.58. The summed E-state index contributed by atoms with van der Waals surface area (Å²) >= 11 is 0. The van der Waals surface area contributed by atoms with Crippen molar-refractivity contribution >= 4 is 12.1 Å². The van der Waals surface area contributed by atoms with E-state index in [9.17, 15) is 9.59 Å². The van der Waals surface area contributed by atoms with Gasteiger partial charge in [0.15, 0.2) is 0 Å². The maximum atomic E-state index is 12.3. The molecule has 1 amide bonds. The van der Waals surface area contributed by atoms with E-state index < -0.39 is 11.0 Å². The molecule has 3 rings (SSSR count). The normalized spacial score (nSPS) is 42.6. The van der Waals surface area contributed by atoms with Crippen LogP contribution in [0, 0.1) is 16.2 Å². The Morgan fingerprint density at radius 1 is 1.30 bits per heavy atom. The van der Waals surface area contributed by atoms with Gasteiger partial charge in [-0.2, -0.15) is 0 Å². The third kappa shape index (κ3) is 1.44. The second-order valence-corrected chi connectivity index (χ2v) is 8.06. The highest BCUT2D eigenvalue weighted by Gasteiger charge is 2.80. The van der Waals surface area contributed by atoms with Gasteiger partial charge >= 0.3 is 12.1 Å². The lowest BCUT2D eigenvalue weighted by atomic mass is 9.40. The first-order chi connectivity index (χ1) is 9.03. The van der Waals surface area contributed by atoms with Crippen molar-refractivity contribution in [1.82, 2.24) is 4.90 Å². The molecule has 0 aromatic carbocycles. The minimum atomic E-state index is -0.497. The van der Waals surface area contributed by atoms with Gasteiger partial charge in [-0.1, -0.05) is 6.92 Å². The van der Waals surface area contributed by atoms with Gasteiger partial charge in [-0.15, -0.1) is 0 Å². The van der Waals surface area contributed by atoms with Crippen LogP contribution in [0.4, 0.5) is 4.79 Å². The largest absolute Gasteiger partial charge is 0.465 e. The number of likely N-dealkylation sites (tertiary alicyclic amines) is 1. The quantitative estimate of drug-likeness (QED) is 0.639. The van der Waals surface area contributed by atoms with Crippen molar-refractivity contribution in [3.05, 3.63) is 0 Å². The first-order valence-electron chi connectivity index (χ1n) is 7.18. The van der Waals surface area contributed by atoms with Crippen LogP contribution in [0.15, 0.2) is 0 Å². The number of hydrogen-bond acceptors (Lipinski definition) is 4. The molecule has 2 saturated heterocycles. The van der Waals surface area contributed by atoms with Gasteiger partial charge in [-0.3, -0.25) is 4.79 Å². The maximum Gasteiger partial charge on any atom is 0.410 e. The molecule has 1 saturated carbocycles. The fourth-order valence-electron chi connectivity index (χ4n) is 4.50. The van der Waals surface area contributed by atoms with Gasteiger partial charge in [0, 0.05) is 18.5 Å². The van der Waals surface area contributed by atoms with Gasteiger partial charge in [0.1, 0.15) is 12.2 Å². The van der Waals surface area contributed by atoms with Crippen LogP contribution in [0.5, 0.6) is 0 Å². The minimum absolute atomic E-state index is 0.0369. The number of esters is 1. The highest BCUT2D eigenvalue weighted by atomic mass is 16.6. The fourth-order valence-corrected chi connectivity index (χ4v) is 4.50. The van der Waals surface area contributed by atoms with Crippen molar-refractivity contribution in [1.29, 1.82) is 0 Å². The summed E-state index contributed by atoms with van der Waals surface area (Å²) in [7, 11) is 0. The molecule has 0 bridgehead atoms. The van der Waals surface area contributed by atoms with E-state index in [-0.39, 0.29) is 22.9 Å². The van der Waals surface area contributed by atoms with E-state index in [1.165, 1.54) is 0 Å². The van der Waals surface area contributed by atoms with Crippen molar-refractivity contribution in [3.8, 4) is 0 Å². The molecule has 3 unspecified atom stereocenters. The molecule has 2 aliphatic heterocycles. The fraction of sp³-hybridized carbons (Fsp3) is 0.867. The van der Waals surface area contributed by atoms with E-state index in [1.807, 2.05) is 27.7 Å². The Kier molecular flexibility index (Phi) is 2.39. The molecule has 1 spiro atoms. The Morgan fingerprint density at radius 2 is 1.95 bits per heavy atom. The van der Waals surface area contributed by atoms with Gasteiger partial charge < -0.3 is 14.4 Å². The predicted octanol–water partition coefficient (Wildman–Crippen LogP) is 2.20. The van der Waals surface area contributed by atoms with E-state index in [2.05, 4.69) is 6.92 Å². The number of nitrogens with zero attached hydrogens (tertiary/aromatic N) is 1. The number of carbonyl (C=O) groups is 2. The molecule has 3 aliphatic rings. The zero-order chi connectivity index (χ0) is 15.0. The average molecular weight is 281 g/mol. The van der Waals surface area contributed by atoms with Crippen molar-refractivity contribution in [2.45, 2.75) is 46.6 Å². The Hall–Kier alpha value is -1.26. The van der Waals surface area contributed by atoms with Gasteiger partial charge in [0.2, 0.25) is 0 Å². The van der Waals surface area contributed by atoms with E-state index in [0.717, 1.165) is 6.42 Å². The Bertz CT molecular complexity index is 497. The average Bonchev–Trinajstić information content (AvgIpc) is 2.63.